The first-order chi connectivity index (χ1) is 9.20. The highest BCUT2D eigenvalue weighted by atomic mass is 16.5. The maximum absolute atomic E-state index is 11.3. The Morgan fingerprint density at radius 2 is 1.89 bits per heavy atom. The van der Waals surface area contributed by atoms with E-state index in [1.807, 2.05) is 18.2 Å². The maximum atomic E-state index is 11.3. The lowest BCUT2D eigenvalue weighted by atomic mass is 10.2. The van der Waals surface area contributed by atoms with Crippen LogP contribution in [0.15, 0.2) is 36.4 Å². The van der Waals surface area contributed by atoms with Crippen molar-refractivity contribution in [3.8, 4) is 5.75 Å². The number of nitrogens with zero attached hydrogens (tertiary/aromatic N) is 1. The lowest BCUT2D eigenvalue weighted by Gasteiger charge is -2.13. The van der Waals surface area contributed by atoms with Crippen molar-refractivity contribution in [2.24, 2.45) is 0 Å². The van der Waals surface area contributed by atoms with Crippen LogP contribution in [0.3, 0.4) is 0 Å². The van der Waals surface area contributed by atoms with E-state index in [4.69, 9.17) is 4.74 Å². The monoisotopic (exact) mass is 259 g/mol. The largest absolute Gasteiger partial charge is 0.494 e. The van der Waals surface area contributed by atoms with Crippen molar-refractivity contribution in [2.75, 3.05) is 13.2 Å². The van der Waals surface area contributed by atoms with Gasteiger partial charge in [-0.2, -0.15) is 0 Å². The topological polar surface area (TPSA) is 46.6 Å². The molecule has 1 heterocycles. The van der Waals surface area contributed by atoms with Gasteiger partial charge in [-0.15, -0.1) is 0 Å². The van der Waals surface area contributed by atoms with Gasteiger partial charge in [0, 0.05) is 18.7 Å². The van der Waals surface area contributed by atoms with Gasteiger partial charge >= 0.3 is 0 Å². The first-order valence-electron chi connectivity index (χ1n) is 6.46. The molecule has 0 aromatic heterocycles. The summed E-state index contributed by atoms with van der Waals surface area (Å²) in [5, 5.41) is 0. The minimum Gasteiger partial charge on any atom is -0.494 e. The molecular formula is C15H17NO3. The van der Waals surface area contributed by atoms with E-state index in [2.05, 4.69) is 13.0 Å². The lowest BCUT2D eigenvalue weighted by molar-refractivity contribution is -0.136. The second-order valence-electron chi connectivity index (χ2n) is 4.36. The van der Waals surface area contributed by atoms with Crippen LogP contribution in [0.2, 0.25) is 0 Å². The van der Waals surface area contributed by atoms with E-state index >= 15 is 0 Å². The van der Waals surface area contributed by atoms with Crippen LogP contribution in [-0.2, 0) is 16.0 Å². The van der Waals surface area contributed by atoms with E-state index in [0.717, 1.165) is 12.2 Å². The summed E-state index contributed by atoms with van der Waals surface area (Å²) >= 11 is 0. The van der Waals surface area contributed by atoms with E-state index in [1.165, 1.54) is 22.6 Å². The average molecular weight is 259 g/mol. The van der Waals surface area contributed by atoms with Crippen LogP contribution in [0.5, 0.6) is 5.75 Å². The third kappa shape index (κ3) is 3.44. The molecule has 0 spiro atoms. The highest BCUT2D eigenvalue weighted by Gasteiger charge is 2.22. The van der Waals surface area contributed by atoms with E-state index in [0.29, 0.717) is 19.6 Å². The van der Waals surface area contributed by atoms with Crippen LogP contribution in [0, 0.1) is 0 Å². The molecule has 19 heavy (non-hydrogen) atoms. The van der Waals surface area contributed by atoms with Crippen molar-refractivity contribution in [3.05, 3.63) is 42.0 Å². The molecule has 1 aromatic carbocycles. The zero-order valence-corrected chi connectivity index (χ0v) is 11.0. The van der Waals surface area contributed by atoms with Gasteiger partial charge in [-0.3, -0.25) is 14.5 Å². The van der Waals surface area contributed by atoms with Gasteiger partial charge in [0.1, 0.15) is 5.75 Å². The number of rotatable bonds is 6. The molecule has 2 amide bonds. The molecule has 0 bridgehead atoms. The van der Waals surface area contributed by atoms with E-state index in [-0.39, 0.29) is 11.8 Å². The Morgan fingerprint density at radius 1 is 1.16 bits per heavy atom. The molecule has 0 radical (unpaired) electrons. The van der Waals surface area contributed by atoms with E-state index in [1.54, 1.807) is 0 Å². The van der Waals surface area contributed by atoms with Crippen molar-refractivity contribution >= 4 is 11.8 Å². The van der Waals surface area contributed by atoms with Crippen molar-refractivity contribution in [1.29, 1.82) is 0 Å². The van der Waals surface area contributed by atoms with E-state index in [9.17, 15) is 9.59 Å². The Kier molecular flexibility index (Phi) is 4.34. The van der Waals surface area contributed by atoms with Gasteiger partial charge in [0.25, 0.3) is 11.8 Å². The molecule has 0 atom stereocenters. The van der Waals surface area contributed by atoms with Gasteiger partial charge in [-0.05, 0) is 30.5 Å². The zero-order valence-electron chi connectivity index (χ0n) is 11.0. The molecule has 100 valence electrons. The first-order valence-corrected chi connectivity index (χ1v) is 6.46. The fourth-order valence-corrected chi connectivity index (χ4v) is 1.92. The summed E-state index contributed by atoms with van der Waals surface area (Å²) in [5.74, 6) is 0.354. The molecule has 0 saturated heterocycles. The molecule has 2 rings (SSSR count). The average Bonchev–Trinajstić information content (AvgIpc) is 2.75. The molecule has 0 fully saturated rings. The molecule has 1 aliphatic rings. The minimum atomic E-state index is -0.238. The van der Waals surface area contributed by atoms with Gasteiger partial charge in [0.2, 0.25) is 0 Å². The van der Waals surface area contributed by atoms with E-state index < -0.39 is 0 Å². The molecule has 0 saturated carbocycles. The van der Waals surface area contributed by atoms with Gasteiger partial charge < -0.3 is 4.74 Å². The Balaban J connectivity index is 1.75. The van der Waals surface area contributed by atoms with Crippen LogP contribution in [0.25, 0.3) is 0 Å². The van der Waals surface area contributed by atoms with Gasteiger partial charge in [-0.25, -0.2) is 0 Å². The fraction of sp³-hybridized carbons (Fsp3) is 0.333. The summed E-state index contributed by atoms with van der Waals surface area (Å²) in [6.07, 6.45) is 4.21. The molecule has 4 heteroatoms. The van der Waals surface area contributed by atoms with Gasteiger partial charge in [0.05, 0.1) is 6.61 Å². The highest BCUT2D eigenvalue weighted by Crippen LogP contribution is 2.14. The Morgan fingerprint density at radius 3 is 2.58 bits per heavy atom. The summed E-state index contributed by atoms with van der Waals surface area (Å²) in [5.41, 5.74) is 1.23. The summed E-state index contributed by atoms with van der Waals surface area (Å²) < 4.78 is 5.61. The summed E-state index contributed by atoms with van der Waals surface area (Å²) in [7, 11) is 0. The predicted molar refractivity (Wildman–Crippen MR) is 71.8 cm³/mol. The third-order valence-electron chi connectivity index (χ3n) is 3.00. The number of ether oxygens (including phenoxy) is 1. The Hall–Kier alpha value is -2.10. The van der Waals surface area contributed by atoms with Crippen molar-refractivity contribution in [2.45, 2.75) is 19.8 Å². The second kappa shape index (κ2) is 6.18. The van der Waals surface area contributed by atoms with Crippen LogP contribution in [-0.4, -0.2) is 29.9 Å². The van der Waals surface area contributed by atoms with Crippen molar-refractivity contribution in [1.82, 2.24) is 4.90 Å². The number of hydrogen-bond donors (Lipinski definition) is 0. The minimum absolute atomic E-state index is 0.238. The number of benzene rings is 1. The Labute approximate surface area is 112 Å². The number of hydrogen-bond acceptors (Lipinski definition) is 3. The predicted octanol–water partition coefficient (Wildman–Crippen LogP) is 1.94. The fourth-order valence-electron chi connectivity index (χ4n) is 1.92. The second-order valence-corrected chi connectivity index (χ2v) is 4.36. The maximum Gasteiger partial charge on any atom is 0.253 e. The lowest BCUT2D eigenvalue weighted by Crippen LogP contribution is -2.31. The summed E-state index contributed by atoms with van der Waals surface area (Å²) in [4.78, 5) is 23.8. The number of aryl methyl sites for hydroxylation is 1. The molecule has 1 aliphatic heterocycles. The standard InChI is InChI=1S/C15H17NO3/c1-2-12-5-3-6-13(11-12)19-10-4-9-16-14(17)7-8-15(16)18/h3,5-8,11H,2,4,9-10H2,1H3. The third-order valence-corrected chi connectivity index (χ3v) is 3.00. The van der Waals surface area contributed by atoms with Gasteiger partial charge in [-0.1, -0.05) is 19.1 Å². The SMILES string of the molecule is CCc1cccc(OCCCN2C(=O)C=CC2=O)c1. The summed E-state index contributed by atoms with van der Waals surface area (Å²) in [6, 6.07) is 7.94. The summed E-state index contributed by atoms with van der Waals surface area (Å²) in [6.45, 7) is 2.99. The molecule has 1 aromatic rings. The van der Waals surface area contributed by atoms with Crippen LogP contribution >= 0.6 is 0 Å². The van der Waals surface area contributed by atoms with Crippen LogP contribution in [0.1, 0.15) is 18.9 Å². The number of carbonyl (C=O) groups is 2. The van der Waals surface area contributed by atoms with Crippen molar-refractivity contribution in [3.63, 3.8) is 0 Å². The molecule has 0 aliphatic carbocycles. The molecule has 0 N–H and O–H groups in total. The zero-order chi connectivity index (χ0) is 13.7. The van der Waals surface area contributed by atoms with Gasteiger partial charge in [0.15, 0.2) is 0 Å². The molecule has 4 nitrogen and oxygen atoms in total. The number of imide groups is 1. The van der Waals surface area contributed by atoms with Crippen LogP contribution in [0.4, 0.5) is 0 Å². The molecular weight excluding hydrogens is 242 g/mol. The number of carbonyl (C=O) groups excluding carboxylic acids is 2. The van der Waals surface area contributed by atoms with Crippen LogP contribution < -0.4 is 4.74 Å². The Bertz CT molecular complexity index is 490. The highest BCUT2D eigenvalue weighted by molar-refractivity contribution is 6.12. The molecule has 0 unspecified atom stereocenters. The van der Waals surface area contributed by atoms with Crippen molar-refractivity contribution < 1.29 is 14.3 Å². The first kappa shape index (κ1) is 13.3. The number of amides is 2. The normalized spacial score (nSPS) is 14.3. The quantitative estimate of drug-likeness (QED) is 0.579. The smallest absolute Gasteiger partial charge is 0.253 e.